The summed E-state index contributed by atoms with van der Waals surface area (Å²) in [4.78, 5) is 11.1. The fourth-order valence-electron chi connectivity index (χ4n) is 2.00. The van der Waals surface area contributed by atoms with Gasteiger partial charge in [0.2, 0.25) is 0 Å². The van der Waals surface area contributed by atoms with Crippen molar-refractivity contribution in [3.05, 3.63) is 28.8 Å². The summed E-state index contributed by atoms with van der Waals surface area (Å²) in [5, 5.41) is 12.8. The zero-order chi connectivity index (χ0) is 13.1. The summed E-state index contributed by atoms with van der Waals surface area (Å²) in [5.74, 6) is 0.120. The SMILES string of the molecule is COc1cccc(Cl)c1CNC(C(=O)O)C1CC1. The average Bonchev–Trinajstić information content (AvgIpc) is 3.15. The Bertz CT molecular complexity index is 446. The number of carboxylic acids is 1. The van der Waals surface area contributed by atoms with Crippen LogP contribution < -0.4 is 10.1 Å². The van der Waals surface area contributed by atoms with Crippen molar-refractivity contribution >= 4 is 17.6 Å². The molecule has 1 aliphatic carbocycles. The summed E-state index contributed by atoms with van der Waals surface area (Å²) < 4.78 is 5.22. The Morgan fingerprint density at radius 2 is 2.33 bits per heavy atom. The number of hydrogen-bond acceptors (Lipinski definition) is 3. The molecule has 2 rings (SSSR count). The third-order valence-corrected chi connectivity index (χ3v) is 3.51. The molecular weight excluding hydrogens is 254 g/mol. The van der Waals surface area contributed by atoms with E-state index in [1.54, 1.807) is 19.2 Å². The minimum absolute atomic E-state index is 0.246. The van der Waals surface area contributed by atoms with Crippen molar-refractivity contribution in [2.75, 3.05) is 7.11 Å². The molecule has 0 aromatic heterocycles. The number of ether oxygens (including phenoxy) is 1. The molecule has 18 heavy (non-hydrogen) atoms. The second-order valence-electron chi connectivity index (χ2n) is 4.45. The highest BCUT2D eigenvalue weighted by Gasteiger charge is 2.35. The molecule has 0 saturated heterocycles. The summed E-state index contributed by atoms with van der Waals surface area (Å²) in [6.07, 6.45) is 1.95. The van der Waals surface area contributed by atoms with Crippen molar-refractivity contribution in [2.24, 2.45) is 5.92 Å². The summed E-state index contributed by atoms with van der Waals surface area (Å²) in [6, 6.07) is 4.90. The molecule has 1 aliphatic rings. The minimum atomic E-state index is -0.802. The predicted molar refractivity (Wildman–Crippen MR) is 69.0 cm³/mol. The van der Waals surface area contributed by atoms with Gasteiger partial charge in [0.05, 0.1) is 7.11 Å². The standard InChI is InChI=1S/C13H16ClNO3/c1-18-11-4-2-3-10(14)9(11)7-15-12(13(16)17)8-5-6-8/h2-4,8,12,15H,5-7H2,1H3,(H,16,17). The van der Waals surface area contributed by atoms with Crippen molar-refractivity contribution < 1.29 is 14.6 Å². The molecule has 4 nitrogen and oxygen atoms in total. The van der Waals surface area contributed by atoms with E-state index in [9.17, 15) is 4.79 Å². The van der Waals surface area contributed by atoms with Crippen LogP contribution in [-0.2, 0) is 11.3 Å². The molecule has 0 radical (unpaired) electrons. The number of nitrogens with one attached hydrogen (secondary N) is 1. The van der Waals surface area contributed by atoms with E-state index in [2.05, 4.69) is 5.32 Å². The highest BCUT2D eigenvalue weighted by molar-refractivity contribution is 6.31. The van der Waals surface area contributed by atoms with Gasteiger partial charge in [0.1, 0.15) is 11.8 Å². The molecule has 1 fully saturated rings. The summed E-state index contributed by atoms with van der Waals surface area (Å²) in [5.41, 5.74) is 0.800. The van der Waals surface area contributed by atoms with Gasteiger partial charge in [0.25, 0.3) is 0 Å². The maximum Gasteiger partial charge on any atom is 0.320 e. The number of methoxy groups -OCH3 is 1. The van der Waals surface area contributed by atoms with Crippen LogP contribution in [0.2, 0.25) is 5.02 Å². The lowest BCUT2D eigenvalue weighted by Gasteiger charge is -2.16. The fraction of sp³-hybridized carbons (Fsp3) is 0.462. The van der Waals surface area contributed by atoms with Gasteiger partial charge in [0.15, 0.2) is 0 Å². The lowest BCUT2D eigenvalue weighted by molar-refractivity contribution is -0.140. The highest BCUT2D eigenvalue weighted by atomic mass is 35.5. The van der Waals surface area contributed by atoms with E-state index >= 15 is 0 Å². The van der Waals surface area contributed by atoms with Gasteiger partial charge < -0.3 is 9.84 Å². The molecular formula is C13H16ClNO3. The number of benzene rings is 1. The van der Waals surface area contributed by atoms with Crippen LogP contribution in [0.5, 0.6) is 5.75 Å². The maximum absolute atomic E-state index is 11.1. The monoisotopic (exact) mass is 269 g/mol. The molecule has 5 heteroatoms. The van der Waals surface area contributed by atoms with Gasteiger partial charge in [-0.15, -0.1) is 0 Å². The Kier molecular flexibility index (Phi) is 4.09. The van der Waals surface area contributed by atoms with E-state index in [4.69, 9.17) is 21.4 Å². The average molecular weight is 270 g/mol. The molecule has 0 heterocycles. The van der Waals surface area contributed by atoms with Gasteiger partial charge in [-0.3, -0.25) is 10.1 Å². The zero-order valence-electron chi connectivity index (χ0n) is 10.1. The van der Waals surface area contributed by atoms with Gasteiger partial charge in [-0.1, -0.05) is 17.7 Å². The first kappa shape index (κ1) is 13.2. The van der Waals surface area contributed by atoms with Crippen LogP contribution in [0, 0.1) is 5.92 Å². The van der Waals surface area contributed by atoms with E-state index in [0.29, 0.717) is 17.3 Å². The van der Waals surface area contributed by atoms with Crippen LogP contribution in [0.4, 0.5) is 0 Å². The molecule has 0 bridgehead atoms. The van der Waals surface area contributed by atoms with E-state index in [-0.39, 0.29) is 5.92 Å². The van der Waals surface area contributed by atoms with Crippen molar-refractivity contribution in [3.8, 4) is 5.75 Å². The van der Waals surface area contributed by atoms with Crippen molar-refractivity contribution in [1.82, 2.24) is 5.32 Å². The topological polar surface area (TPSA) is 58.6 Å². The Labute approximate surface area is 111 Å². The van der Waals surface area contributed by atoms with Crippen LogP contribution in [0.1, 0.15) is 18.4 Å². The van der Waals surface area contributed by atoms with E-state index in [1.165, 1.54) is 0 Å². The second kappa shape index (κ2) is 5.59. The molecule has 1 saturated carbocycles. The zero-order valence-corrected chi connectivity index (χ0v) is 10.9. The first-order chi connectivity index (χ1) is 8.63. The van der Waals surface area contributed by atoms with Crippen LogP contribution >= 0.6 is 11.6 Å². The van der Waals surface area contributed by atoms with Crippen molar-refractivity contribution in [2.45, 2.75) is 25.4 Å². The number of carboxylic acid groups (broad SMARTS) is 1. The predicted octanol–water partition coefficient (Wildman–Crippen LogP) is 2.30. The van der Waals surface area contributed by atoms with E-state index < -0.39 is 12.0 Å². The van der Waals surface area contributed by atoms with Gasteiger partial charge in [-0.25, -0.2) is 0 Å². The maximum atomic E-state index is 11.1. The highest BCUT2D eigenvalue weighted by Crippen LogP contribution is 2.33. The first-order valence-corrected chi connectivity index (χ1v) is 6.29. The summed E-state index contributed by atoms with van der Waals surface area (Å²) in [6.45, 7) is 0.399. The van der Waals surface area contributed by atoms with Crippen molar-refractivity contribution in [3.63, 3.8) is 0 Å². The van der Waals surface area contributed by atoms with Crippen LogP contribution in [-0.4, -0.2) is 24.2 Å². The normalized spacial score (nSPS) is 16.3. The Morgan fingerprint density at radius 3 is 2.89 bits per heavy atom. The molecule has 98 valence electrons. The number of aliphatic carboxylic acids is 1. The summed E-state index contributed by atoms with van der Waals surface area (Å²) in [7, 11) is 1.57. The van der Waals surface area contributed by atoms with Crippen LogP contribution in [0.3, 0.4) is 0 Å². The van der Waals surface area contributed by atoms with E-state index in [0.717, 1.165) is 18.4 Å². The first-order valence-electron chi connectivity index (χ1n) is 5.91. The van der Waals surface area contributed by atoms with Crippen molar-refractivity contribution in [1.29, 1.82) is 0 Å². The minimum Gasteiger partial charge on any atom is -0.496 e. The van der Waals surface area contributed by atoms with E-state index in [1.807, 2.05) is 6.07 Å². The van der Waals surface area contributed by atoms with Gasteiger partial charge in [0, 0.05) is 17.1 Å². The number of halogens is 1. The molecule has 2 N–H and O–H groups in total. The largest absolute Gasteiger partial charge is 0.496 e. The third-order valence-electron chi connectivity index (χ3n) is 3.15. The Balaban J connectivity index is 2.07. The number of rotatable bonds is 6. The number of hydrogen-bond donors (Lipinski definition) is 2. The smallest absolute Gasteiger partial charge is 0.320 e. The molecule has 1 unspecified atom stereocenters. The van der Waals surface area contributed by atoms with Gasteiger partial charge in [-0.2, -0.15) is 0 Å². The quantitative estimate of drug-likeness (QED) is 0.832. The van der Waals surface area contributed by atoms with Gasteiger partial charge in [-0.05, 0) is 30.9 Å². The Morgan fingerprint density at radius 1 is 1.61 bits per heavy atom. The lowest BCUT2D eigenvalue weighted by Crippen LogP contribution is -2.38. The summed E-state index contributed by atoms with van der Waals surface area (Å²) >= 11 is 6.10. The lowest BCUT2D eigenvalue weighted by atomic mass is 10.1. The Hall–Kier alpha value is -1.26. The molecule has 1 aromatic rings. The molecule has 0 aliphatic heterocycles. The second-order valence-corrected chi connectivity index (χ2v) is 4.86. The number of carbonyl (C=O) groups is 1. The van der Waals surface area contributed by atoms with Crippen LogP contribution in [0.15, 0.2) is 18.2 Å². The van der Waals surface area contributed by atoms with Gasteiger partial charge >= 0.3 is 5.97 Å². The van der Waals surface area contributed by atoms with Crippen LogP contribution in [0.25, 0.3) is 0 Å². The molecule has 1 aromatic carbocycles. The molecule has 1 atom stereocenters. The fourth-order valence-corrected chi connectivity index (χ4v) is 2.23. The molecule has 0 spiro atoms. The third kappa shape index (κ3) is 2.94. The molecule has 0 amide bonds.